The highest BCUT2D eigenvalue weighted by Gasteiger charge is 2.02. The normalized spacial score (nSPS) is 10.1. The van der Waals surface area contributed by atoms with Gasteiger partial charge in [-0.1, -0.05) is 12.1 Å². The van der Waals surface area contributed by atoms with Gasteiger partial charge < -0.3 is 10.6 Å². The Morgan fingerprint density at radius 3 is 3.12 bits per heavy atom. The highest BCUT2D eigenvalue weighted by atomic mass is 16.2. The van der Waals surface area contributed by atoms with E-state index < -0.39 is 0 Å². The summed E-state index contributed by atoms with van der Waals surface area (Å²) in [4.78, 5) is 11.3. The molecule has 0 saturated heterocycles. The number of carbonyl (C=O) groups is 1. The minimum absolute atomic E-state index is 0.220. The van der Waals surface area contributed by atoms with Gasteiger partial charge in [-0.2, -0.15) is 5.10 Å². The van der Waals surface area contributed by atoms with Crippen LogP contribution in [0.1, 0.15) is 5.69 Å². The van der Waals surface area contributed by atoms with Crippen molar-refractivity contribution >= 4 is 11.5 Å². The smallest absolute Gasteiger partial charge is 0.315 e. The number of fused-ring (bicyclic) bond motifs is 1. The Morgan fingerprint density at radius 1 is 1.47 bits per heavy atom. The van der Waals surface area contributed by atoms with E-state index in [1.54, 1.807) is 10.6 Å². The second-order valence-corrected chi connectivity index (χ2v) is 3.56. The molecule has 0 fully saturated rings. The van der Waals surface area contributed by atoms with E-state index in [0.717, 1.165) is 11.2 Å². The van der Waals surface area contributed by atoms with Crippen molar-refractivity contribution in [3.63, 3.8) is 0 Å². The largest absolute Gasteiger partial charge is 0.335 e. The highest BCUT2D eigenvalue weighted by molar-refractivity contribution is 5.73. The van der Waals surface area contributed by atoms with Crippen LogP contribution in [0.3, 0.4) is 0 Å². The van der Waals surface area contributed by atoms with Gasteiger partial charge in [0.2, 0.25) is 0 Å². The molecule has 0 saturated carbocycles. The summed E-state index contributed by atoms with van der Waals surface area (Å²) in [6.07, 6.45) is 3.50. The predicted octanol–water partition coefficient (Wildman–Crippen LogP) is 1.32. The molecule has 0 spiro atoms. The van der Waals surface area contributed by atoms with E-state index in [0.29, 0.717) is 13.1 Å². The second-order valence-electron chi connectivity index (χ2n) is 3.56. The minimum Gasteiger partial charge on any atom is -0.335 e. The maximum absolute atomic E-state index is 11.3. The Balaban J connectivity index is 1.94. The number of aromatic nitrogens is 2. The molecule has 0 aromatic carbocycles. The summed E-state index contributed by atoms with van der Waals surface area (Å²) in [5.74, 6) is 0. The Morgan fingerprint density at radius 2 is 2.35 bits per heavy atom. The number of nitrogens with one attached hydrogen (secondary N) is 2. The molecule has 0 unspecified atom stereocenters. The SMILES string of the molecule is C=CCNC(=O)NCc1cc2ccccn2n1. The van der Waals surface area contributed by atoms with E-state index in [2.05, 4.69) is 22.3 Å². The van der Waals surface area contributed by atoms with E-state index in [4.69, 9.17) is 0 Å². The summed E-state index contributed by atoms with van der Waals surface area (Å²) < 4.78 is 1.78. The first kappa shape index (κ1) is 11.2. The maximum Gasteiger partial charge on any atom is 0.315 e. The van der Waals surface area contributed by atoms with E-state index in [9.17, 15) is 4.79 Å². The number of urea groups is 1. The molecule has 0 aliphatic heterocycles. The molecule has 17 heavy (non-hydrogen) atoms. The Labute approximate surface area is 99.1 Å². The molecule has 5 heteroatoms. The van der Waals surface area contributed by atoms with Crippen LogP contribution in [0.4, 0.5) is 4.79 Å². The third-order valence-electron chi connectivity index (χ3n) is 2.26. The number of nitrogens with zero attached hydrogens (tertiary/aromatic N) is 2. The van der Waals surface area contributed by atoms with Crippen molar-refractivity contribution in [1.82, 2.24) is 20.2 Å². The molecule has 2 aromatic heterocycles. The van der Waals surface area contributed by atoms with Gasteiger partial charge in [-0.15, -0.1) is 6.58 Å². The first-order valence-corrected chi connectivity index (χ1v) is 5.35. The number of hydrogen-bond donors (Lipinski definition) is 2. The zero-order chi connectivity index (χ0) is 12.1. The molecule has 2 amide bonds. The molecule has 88 valence electrons. The quantitative estimate of drug-likeness (QED) is 0.778. The molecule has 2 rings (SSSR count). The predicted molar refractivity (Wildman–Crippen MR) is 65.6 cm³/mol. The van der Waals surface area contributed by atoms with Crippen LogP contribution >= 0.6 is 0 Å². The maximum atomic E-state index is 11.3. The van der Waals surface area contributed by atoms with Gasteiger partial charge in [0.05, 0.1) is 17.8 Å². The summed E-state index contributed by atoms with van der Waals surface area (Å²) >= 11 is 0. The molecule has 0 radical (unpaired) electrons. The van der Waals surface area contributed by atoms with Crippen LogP contribution in [-0.4, -0.2) is 22.2 Å². The van der Waals surface area contributed by atoms with Crippen molar-refractivity contribution in [2.45, 2.75) is 6.54 Å². The Kier molecular flexibility index (Phi) is 3.40. The zero-order valence-corrected chi connectivity index (χ0v) is 9.39. The van der Waals surface area contributed by atoms with Gasteiger partial charge in [0.1, 0.15) is 0 Å². The fourth-order valence-electron chi connectivity index (χ4n) is 1.48. The van der Waals surface area contributed by atoms with Gasteiger partial charge in [0.15, 0.2) is 0 Å². The Hall–Kier alpha value is -2.30. The molecule has 0 atom stereocenters. The van der Waals surface area contributed by atoms with Gasteiger partial charge in [-0.05, 0) is 18.2 Å². The lowest BCUT2D eigenvalue weighted by Gasteiger charge is -2.02. The van der Waals surface area contributed by atoms with Crippen LogP contribution in [0.5, 0.6) is 0 Å². The number of pyridine rings is 1. The summed E-state index contributed by atoms with van der Waals surface area (Å²) in [5.41, 5.74) is 1.83. The van der Waals surface area contributed by atoms with E-state index in [1.807, 2.05) is 30.5 Å². The molecule has 2 aromatic rings. The van der Waals surface area contributed by atoms with Crippen molar-refractivity contribution in [2.24, 2.45) is 0 Å². The number of hydrogen-bond acceptors (Lipinski definition) is 2. The van der Waals surface area contributed by atoms with E-state index in [-0.39, 0.29) is 6.03 Å². The molecule has 2 heterocycles. The molecule has 2 N–H and O–H groups in total. The summed E-state index contributed by atoms with van der Waals surface area (Å²) in [5, 5.41) is 9.67. The van der Waals surface area contributed by atoms with Crippen LogP contribution < -0.4 is 10.6 Å². The lowest BCUT2D eigenvalue weighted by atomic mass is 10.3. The summed E-state index contributed by atoms with van der Waals surface area (Å²) in [7, 11) is 0. The molecule has 0 aliphatic carbocycles. The van der Waals surface area contributed by atoms with Crippen LogP contribution in [-0.2, 0) is 6.54 Å². The lowest BCUT2D eigenvalue weighted by molar-refractivity contribution is 0.241. The molecule has 0 aliphatic rings. The van der Waals surface area contributed by atoms with Gasteiger partial charge in [0.25, 0.3) is 0 Å². The first-order chi connectivity index (χ1) is 8.29. The average Bonchev–Trinajstić information content (AvgIpc) is 2.76. The van der Waals surface area contributed by atoms with Crippen molar-refractivity contribution < 1.29 is 4.79 Å². The third kappa shape index (κ3) is 2.84. The average molecular weight is 230 g/mol. The highest BCUT2D eigenvalue weighted by Crippen LogP contribution is 2.04. The van der Waals surface area contributed by atoms with Gasteiger partial charge in [-0.25, -0.2) is 9.31 Å². The second kappa shape index (κ2) is 5.16. The first-order valence-electron chi connectivity index (χ1n) is 5.35. The number of carbonyl (C=O) groups excluding carboxylic acids is 1. The fourth-order valence-corrected chi connectivity index (χ4v) is 1.48. The van der Waals surface area contributed by atoms with Crippen LogP contribution in [0.15, 0.2) is 43.1 Å². The lowest BCUT2D eigenvalue weighted by Crippen LogP contribution is -2.35. The van der Waals surface area contributed by atoms with Crippen LogP contribution in [0.2, 0.25) is 0 Å². The molecular formula is C12H14N4O. The monoisotopic (exact) mass is 230 g/mol. The topological polar surface area (TPSA) is 58.4 Å². The zero-order valence-electron chi connectivity index (χ0n) is 9.39. The third-order valence-corrected chi connectivity index (χ3v) is 2.26. The number of amides is 2. The van der Waals surface area contributed by atoms with Crippen molar-refractivity contribution in [3.8, 4) is 0 Å². The summed E-state index contributed by atoms with van der Waals surface area (Å²) in [6.45, 7) is 4.38. The summed E-state index contributed by atoms with van der Waals surface area (Å²) in [6, 6.07) is 7.54. The Bertz CT molecular complexity index is 499. The minimum atomic E-state index is -0.220. The van der Waals surface area contributed by atoms with Crippen LogP contribution in [0.25, 0.3) is 5.52 Å². The standard InChI is InChI=1S/C12H14N4O/c1-2-6-13-12(17)14-9-10-8-11-5-3-4-7-16(11)15-10/h2-5,7-8H,1,6,9H2,(H2,13,14,17). The van der Waals surface area contributed by atoms with Gasteiger partial charge in [-0.3, -0.25) is 0 Å². The van der Waals surface area contributed by atoms with Crippen molar-refractivity contribution in [2.75, 3.05) is 6.54 Å². The van der Waals surface area contributed by atoms with E-state index in [1.165, 1.54) is 0 Å². The van der Waals surface area contributed by atoms with Crippen LogP contribution in [0, 0.1) is 0 Å². The van der Waals surface area contributed by atoms with Gasteiger partial charge in [0, 0.05) is 12.7 Å². The van der Waals surface area contributed by atoms with E-state index >= 15 is 0 Å². The van der Waals surface area contributed by atoms with Gasteiger partial charge >= 0.3 is 6.03 Å². The molecular weight excluding hydrogens is 216 g/mol. The molecule has 5 nitrogen and oxygen atoms in total. The van der Waals surface area contributed by atoms with Crippen molar-refractivity contribution in [3.05, 3.63) is 48.8 Å². The number of rotatable bonds is 4. The molecule has 0 bridgehead atoms. The van der Waals surface area contributed by atoms with Crippen molar-refractivity contribution in [1.29, 1.82) is 0 Å². The fraction of sp³-hybridized carbons (Fsp3) is 0.167.